The number of nitro benzene ring substituents is 1. The maximum Gasteiger partial charge on any atom is 0.271 e. The quantitative estimate of drug-likeness (QED) is 0.203. The minimum absolute atomic E-state index is 0.154. The summed E-state index contributed by atoms with van der Waals surface area (Å²) in [6, 6.07) is 11.4. The van der Waals surface area contributed by atoms with Crippen LogP contribution in [-0.4, -0.2) is 45.1 Å². The molecule has 0 saturated carbocycles. The topological polar surface area (TPSA) is 121 Å². The van der Waals surface area contributed by atoms with E-state index in [9.17, 15) is 14.9 Å². The first-order valence-corrected chi connectivity index (χ1v) is 10.7. The van der Waals surface area contributed by atoms with Crippen LogP contribution in [0.2, 0.25) is 0 Å². The van der Waals surface area contributed by atoms with E-state index in [1.807, 2.05) is 28.8 Å². The summed E-state index contributed by atoms with van der Waals surface area (Å²) in [7, 11) is 3.00. The van der Waals surface area contributed by atoms with Crippen LogP contribution in [0, 0.1) is 10.1 Å². The van der Waals surface area contributed by atoms with Crippen LogP contribution < -0.4 is 14.8 Å². The summed E-state index contributed by atoms with van der Waals surface area (Å²) in [5.41, 5.74) is 0.824. The van der Waals surface area contributed by atoms with Gasteiger partial charge in [-0.05, 0) is 25.1 Å². The molecular formula is C22H23N5O5S. The smallest absolute Gasteiger partial charge is 0.271 e. The van der Waals surface area contributed by atoms with Crippen molar-refractivity contribution in [1.29, 1.82) is 0 Å². The molecular weight excluding hydrogens is 446 g/mol. The summed E-state index contributed by atoms with van der Waals surface area (Å²) >= 11 is 1.20. The molecule has 1 amide bonds. The van der Waals surface area contributed by atoms with E-state index in [4.69, 9.17) is 9.47 Å². The molecule has 3 aromatic rings. The van der Waals surface area contributed by atoms with Crippen molar-refractivity contribution in [2.24, 2.45) is 0 Å². The zero-order chi connectivity index (χ0) is 24.0. The fraction of sp³-hybridized carbons (Fsp3) is 0.227. The number of carbonyl (C=O) groups is 1. The third kappa shape index (κ3) is 5.32. The fourth-order valence-electron chi connectivity index (χ4n) is 3.05. The predicted molar refractivity (Wildman–Crippen MR) is 126 cm³/mol. The van der Waals surface area contributed by atoms with Crippen LogP contribution in [0.25, 0.3) is 11.4 Å². The molecule has 10 nitrogen and oxygen atoms in total. The maximum atomic E-state index is 12.9. The van der Waals surface area contributed by atoms with Crippen LogP contribution in [0.1, 0.15) is 6.92 Å². The first-order chi connectivity index (χ1) is 15.9. The zero-order valence-corrected chi connectivity index (χ0v) is 19.2. The van der Waals surface area contributed by atoms with Crippen molar-refractivity contribution in [2.45, 2.75) is 23.9 Å². The van der Waals surface area contributed by atoms with E-state index >= 15 is 0 Å². The highest BCUT2D eigenvalue weighted by Gasteiger charge is 2.23. The lowest BCUT2D eigenvalue weighted by atomic mass is 10.2. The molecule has 2 aromatic carbocycles. The summed E-state index contributed by atoms with van der Waals surface area (Å²) in [6.07, 6.45) is 1.71. The Hall–Kier alpha value is -3.86. The van der Waals surface area contributed by atoms with Crippen molar-refractivity contribution in [3.8, 4) is 22.9 Å². The number of amides is 1. The second kappa shape index (κ2) is 10.6. The molecule has 0 unspecified atom stereocenters. The molecule has 0 saturated heterocycles. The number of benzene rings is 2. The number of methoxy groups -OCH3 is 2. The van der Waals surface area contributed by atoms with Gasteiger partial charge >= 0.3 is 0 Å². The van der Waals surface area contributed by atoms with E-state index in [2.05, 4.69) is 22.1 Å². The highest BCUT2D eigenvalue weighted by atomic mass is 32.2. The Kier molecular flexibility index (Phi) is 7.67. The van der Waals surface area contributed by atoms with Crippen molar-refractivity contribution in [3.63, 3.8) is 0 Å². The van der Waals surface area contributed by atoms with Gasteiger partial charge in [-0.2, -0.15) is 0 Å². The van der Waals surface area contributed by atoms with Crippen molar-refractivity contribution in [3.05, 3.63) is 65.2 Å². The second-order valence-corrected chi connectivity index (χ2v) is 8.10. The maximum absolute atomic E-state index is 12.9. The number of ether oxygens (including phenoxy) is 2. The molecule has 33 heavy (non-hydrogen) atoms. The van der Waals surface area contributed by atoms with Crippen LogP contribution in [0.5, 0.6) is 11.5 Å². The molecule has 1 aromatic heterocycles. The number of nitrogens with one attached hydrogen (secondary N) is 1. The average Bonchev–Trinajstić information content (AvgIpc) is 3.20. The van der Waals surface area contributed by atoms with Gasteiger partial charge in [0, 0.05) is 18.7 Å². The number of carbonyl (C=O) groups excluding carboxylic acids is 1. The summed E-state index contributed by atoms with van der Waals surface area (Å²) in [5.74, 6) is 1.18. The van der Waals surface area contributed by atoms with Crippen LogP contribution in [0.15, 0.2) is 60.3 Å². The van der Waals surface area contributed by atoms with Crippen LogP contribution in [0.4, 0.5) is 11.4 Å². The van der Waals surface area contributed by atoms with Gasteiger partial charge < -0.3 is 14.8 Å². The Morgan fingerprint density at radius 3 is 2.64 bits per heavy atom. The molecule has 0 fully saturated rings. The van der Waals surface area contributed by atoms with E-state index in [0.717, 1.165) is 5.56 Å². The van der Waals surface area contributed by atoms with Gasteiger partial charge in [-0.1, -0.05) is 30.0 Å². The van der Waals surface area contributed by atoms with E-state index in [-0.39, 0.29) is 17.3 Å². The molecule has 11 heteroatoms. The number of para-hydroxylation sites is 1. The van der Waals surface area contributed by atoms with Crippen molar-refractivity contribution in [1.82, 2.24) is 14.8 Å². The van der Waals surface area contributed by atoms with Crippen LogP contribution in [0.3, 0.4) is 0 Å². The van der Waals surface area contributed by atoms with Crippen LogP contribution >= 0.6 is 11.8 Å². The summed E-state index contributed by atoms with van der Waals surface area (Å²) in [4.78, 5) is 23.4. The molecule has 172 valence electrons. The lowest BCUT2D eigenvalue weighted by Gasteiger charge is -2.15. The van der Waals surface area contributed by atoms with Crippen molar-refractivity contribution >= 4 is 29.0 Å². The molecule has 1 N–H and O–H groups in total. The Bertz CT molecular complexity index is 1180. The minimum Gasteiger partial charge on any atom is -0.496 e. The van der Waals surface area contributed by atoms with E-state index in [1.54, 1.807) is 20.1 Å². The number of hydrogen-bond donors (Lipinski definition) is 1. The average molecular weight is 470 g/mol. The van der Waals surface area contributed by atoms with Gasteiger partial charge in [-0.15, -0.1) is 16.8 Å². The number of nitrogens with zero attached hydrogens (tertiary/aromatic N) is 4. The van der Waals surface area contributed by atoms with Gasteiger partial charge in [0.15, 0.2) is 11.0 Å². The Balaban J connectivity index is 1.84. The molecule has 0 aliphatic carbocycles. The minimum atomic E-state index is -0.591. The Morgan fingerprint density at radius 1 is 1.24 bits per heavy atom. The lowest BCUT2D eigenvalue weighted by Crippen LogP contribution is -2.23. The van der Waals surface area contributed by atoms with Crippen molar-refractivity contribution < 1.29 is 19.2 Å². The molecule has 3 rings (SSSR count). The molecule has 0 radical (unpaired) electrons. The zero-order valence-electron chi connectivity index (χ0n) is 18.3. The van der Waals surface area contributed by atoms with Gasteiger partial charge in [-0.3, -0.25) is 19.5 Å². The van der Waals surface area contributed by atoms with E-state index in [1.165, 1.54) is 37.1 Å². The number of anilines is 1. The number of nitro groups is 1. The number of rotatable bonds is 10. The van der Waals surface area contributed by atoms with Gasteiger partial charge in [0.2, 0.25) is 5.91 Å². The first-order valence-electron chi connectivity index (χ1n) is 9.87. The molecule has 0 bridgehead atoms. The number of hydrogen-bond acceptors (Lipinski definition) is 8. The monoisotopic (exact) mass is 469 g/mol. The molecule has 0 spiro atoms. The van der Waals surface area contributed by atoms with Crippen LogP contribution in [-0.2, 0) is 11.3 Å². The first kappa shape index (κ1) is 23.8. The normalized spacial score (nSPS) is 11.5. The van der Waals surface area contributed by atoms with Gasteiger partial charge in [0.25, 0.3) is 5.69 Å². The number of aromatic nitrogens is 3. The summed E-state index contributed by atoms with van der Waals surface area (Å²) in [6.45, 7) is 5.93. The SMILES string of the molecule is C=CCn1c(S[C@H](C)C(=O)Nc2cc([N+](=O)[O-])ccc2OC)nnc1-c1ccccc1OC. The largest absolute Gasteiger partial charge is 0.496 e. The standard InChI is InChI=1S/C22H23N5O5S/c1-5-12-26-20(16-8-6-7-9-18(16)31-3)24-25-22(26)33-14(2)21(28)23-17-13-15(27(29)30)10-11-19(17)32-4/h5-11,13-14H,1,12H2,2-4H3,(H,23,28)/t14-/m1/s1. The lowest BCUT2D eigenvalue weighted by molar-refractivity contribution is -0.384. The van der Waals surface area contributed by atoms with Gasteiger partial charge in [0.1, 0.15) is 11.5 Å². The number of non-ortho nitro benzene ring substituents is 1. The third-order valence-electron chi connectivity index (χ3n) is 4.68. The molecule has 1 atom stereocenters. The second-order valence-electron chi connectivity index (χ2n) is 6.80. The Morgan fingerprint density at radius 2 is 1.97 bits per heavy atom. The fourth-order valence-corrected chi connectivity index (χ4v) is 3.91. The van der Waals surface area contributed by atoms with Crippen molar-refractivity contribution in [2.75, 3.05) is 19.5 Å². The van der Waals surface area contributed by atoms with E-state index < -0.39 is 10.2 Å². The van der Waals surface area contributed by atoms with Gasteiger partial charge in [-0.25, -0.2) is 0 Å². The number of thioether (sulfide) groups is 1. The molecule has 1 heterocycles. The summed E-state index contributed by atoms with van der Waals surface area (Å²) < 4.78 is 12.5. The predicted octanol–water partition coefficient (Wildman–Crippen LogP) is 4.18. The number of allylic oxidation sites excluding steroid dienone is 1. The summed E-state index contributed by atoms with van der Waals surface area (Å²) in [5, 5.41) is 22.3. The molecule has 0 aliphatic rings. The third-order valence-corrected chi connectivity index (χ3v) is 5.76. The highest BCUT2D eigenvalue weighted by Crippen LogP contribution is 2.33. The van der Waals surface area contributed by atoms with E-state index in [0.29, 0.717) is 29.0 Å². The Labute approximate surface area is 194 Å². The van der Waals surface area contributed by atoms with Gasteiger partial charge in [0.05, 0.1) is 35.6 Å². The highest BCUT2D eigenvalue weighted by molar-refractivity contribution is 8.00. The molecule has 0 aliphatic heterocycles.